The Morgan fingerprint density at radius 2 is 1.86 bits per heavy atom. The summed E-state index contributed by atoms with van der Waals surface area (Å²) < 4.78 is 0. The van der Waals surface area contributed by atoms with Gasteiger partial charge in [-0.05, 0) is 42.0 Å². The molecule has 0 saturated carbocycles. The van der Waals surface area contributed by atoms with Gasteiger partial charge in [-0.1, -0.05) is 26.0 Å². The average molecular weight is 287 g/mol. The van der Waals surface area contributed by atoms with Crippen molar-refractivity contribution < 1.29 is 14.7 Å². The number of carboxylic acid groups (broad SMARTS) is 1. The fourth-order valence-corrected chi connectivity index (χ4v) is 2.61. The zero-order valence-corrected chi connectivity index (χ0v) is 12.7. The Labute approximate surface area is 125 Å². The molecule has 21 heavy (non-hydrogen) atoms. The summed E-state index contributed by atoms with van der Waals surface area (Å²) >= 11 is 0. The Balaban J connectivity index is 2.24. The molecule has 2 unspecified atom stereocenters. The zero-order chi connectivity index (χ0) is 15.6. The van der Waals surface area contributed by atoms with Gasteiger partial charge in [0.25, 0.3) is 5.91 Å². The highest BCUT2D eigenvalue weighted by molar-refractivity contribution is 5.96. The van der Waals surface area contributed by atoms with Gasteiger partial charge in [-0.25, -0.2) is 4.79 Å². The first-order valence-corrected chi connectivity index (χ1v) is 7.19. The number of aliphatic carboxylic acids is 1. The van der Waals surface area contributed by atoms with Crippen LogP contribution in [-0.2, 0) is 4.79 Å². The molecule has 2 rings (SSSR count). The molecule has 4 heteroatoms. The van der Waals surface area contributed by atoms with E-state index < -0.39 is 5.97 Å². The van der Waals surface area contributed by atoms with Crippen LogP contribution in [0.2, 0.25) is 0 Å². The minimum atomic E-state index is -0.995. The molecule has 0 bridgehead atoms. The third kappa shape index (κ3) is 3.51. The number of likely N-dealkylation sites (tertiary alicyclic amines) is 1. The number of benzene rings is 1. The molecule has 0 radical (unpaired) electrons. The lowest BCUT2D eigenvalue weighted by molar-refractivity contribution is -0.131. The summed E-state index contributed by atoms with van der Waals surface area (Å²) in [5.74, 6) is 0.0774. The number of aryl methyl sites for hydroxylation is 1. The fraction of sp³-hybridized carbons (Fsp3) is 0.412. The van der Waals surface area contributed by atoms with E-state index in [-0.39, 0.29) is 5.91 Å². The van der Waals surface area contributed by atoms with E-state index in [1.165, 1.54) is 6.08 Å². The second-order valence-electron chi connectivity index (χ2n) is 5.91. The summed E-state index contributed by atoms with van der Waals surface area (Å²) in [6.07, 6.45) is 2.59. The number of hydrogen-bond donors (Lipinski definition) is 1. The van der Waals surface area contributed by atoms with E-state index in [2.05, 4.69) is 13.8 Å². The lowest BCUT2D eigenvalue weighted by atomic mass is 10.0. The Morgan fingerprint density at radius 1 is 1.24 bits per heavy atom. The molecule has 1 saturated heterocycles. The van der Waals surface area contributed by atoms with Gasteiger partial charge in [-0.2, -0.15) is 0 Å². The number of carbonyl (C=O) groups is 2. The summed E-state index contributed by atoms with van der Waals surface area (Å²) in [6.45, 7) is 7.80. The van der Waals surface area contributed by atoms with Gasteiger partial charge < -0.3 is 10.0 Å². The summed E-state index contributed by atoms with van der Waals surface area (Å²) in [5.41, 5.74) is 2.30. The third-order valence-electron chi connectivity index (χ3n) is 4.19. The van der Waals surface area contributed by atoms with Crippen molar-refractivity contribution in [3.8, 4) is 0 Å². The van der Waals surface area contributed by atoms with E-state index >= 15 is 0 Å². The topological polar surface area (TPSA) is 57.6 Å². The van der Waals surface area contributed by atoms with E-state index in [1.807, 2.05) is 24.0 Å². The van der Waals surface area contributed by atoms with Crippen molar-refractivity contribution in [2.75, 3.05) is 13.1 Å². The molecule has 2 atom stereocenters. The third-order valence-corrected chi connectivity index (χ3v) is 4.19. The minimum absolute atomic E-state index is 0.0364. The molecule has 0 aliphatic carbocycles. The van der Waals surface area contributed by atoms with Gasteiger partial charge in [-0.15, -0.1) is 0 Å². The highest BCUT2D eigenvalue weighted by atomic mass is 16.4. The van der Waals surface area contributed by atoms with Crippen LogP contribution in [-0.4, -0.2) is 35.0 Å². The maximum absolute atomic E-state index is 12.6. The molecule has 1 heterocycles. The Kier molecular flexibility index (Phi) is 4.46. The molecule has 1 aromatic rings. The molecular weight excluding hydrogens is 266 g/mol. The molecule has 4 nitrogen and oxygen atoms in total. The van der Waals surface area contributed by atoms with Crippen molar-refractivity contribution in [3.05, 3.63) is 41.0 Å². The number of carboxylic acids is 1. The molecule has 1 aliphatic heterocycles. The predicted octanol–water partition coefficient (Wildman–Crippen LogP) is 2.82. The molecule has 0 spiro atoms. The molecule has 112 valence electrons. The molecule has 1 fully saturated rings. The maximum Gasteiger partial charge on any atom is 0.328 e. The molecule has 1 aromatic carbocycles. The quantitative estimate of drug-likeness (QED) is 0.870. The van der Waals surface area contributed by atoms with Gasteiger partial charge in [0, 0.05) is 24.7 Å². The molecule has 1 aliphatic rings. The van der Waals surface area contributed by atoms with Crippen LogP contribution >= 0.6 is 0 Å². The monoisotopic (exact) mass is 287 g/mol. The van der Waals surface area contributed by atoms with Crippen molar-refractivity contribution in [3.63, 3.8) is 0 Å². The number of nitrogens with zero attached hydrogens (tertiary/aromatic N) is 1. The molecule has 0 aromatic heterocycles. The van der Waals surface area contributed by atoms with Gasteiger partial charge in [0.2, 0.25) is 0 Å². The zero-order valence-electron chi connectivity index (χ0n) is 12.7. The highest BCUT2D eigenvalue weighted by Crippen LogP contribution is 2.25. The smallest absolute Gasteiger partial charge is 0.328 e. The van der Waals surface area contributed by atoms with E-state index in [4.69, 9.17) is 5.11 Å². The van der Waals surface area contributed by atoms with E-state index in [0.717, 1.165) is 30.3 Å². The fourth-order valence-electron chi connectivity index (χ4n) is 2.61. The van der Waals surface area contributed by atoms with Gasteiger partial charge in [0.1, 0.15) is 0 Å². The minimum Gasteiger partial charge on any atom is -0.478 e. The van der Waals surface area contributed by atoms with Crippen molar-refractivity contribution in [1.82, 2.24) is 4.90 Å². The first-order valence-electron chi connectivity index (χ1n) is 7.19. The second-order valence-corrected chi connectivity index (χ2v) is 5.91. The van der Waals surface area contributed by atoms with Crippen molar-refractivity contribution in [1.29, 1.82) is 0 Å². The van der Waals surface area contributed by atoms with Crippen LogP contribution in [0.4, 0.5) is 0 Å². The van der Waals surface area contributed by atoms with Crippen LogP contribution < -0.4 is 0 Å². The van der Waals surface area contributed by atoms with Crippen LogP contribution in [0.25, 0.3) is 6.08 Å². The van der Waals surface area contributed by atoms with Gasteiger partial charge in [0.15, 0.2) is 0 Å². The van der Waals surface area contributed by atoms with Crippen molar-refractivity contribution in [2.45, 2.75) is 20.8 Å². The lowest BCUT2D eigenvalue weighted by Crippen LogP contribution is -2.29. The first-order chi connectivity index (χ1) is 9.88. The Morgan fingerprint density at radius 3 is 2.43 bits per heavy atom. The Hall–Kier alpha value is -2.10. The Bertz CT molecular complexity index is 582. The van der Waals surface area contributed by atoms with Crippen LogP contribution in [0.15, 0.2) is 24.3 Å². The predicted molar refractivity (Wildman–Crippen MR) is 82.1 cm³/mol. The first kappa shape index (κ1) is 15.3. The van der Waals surface area contributed by atoms with Crippen molar-refractivity contribution >= 4 is 18.0 Å². The molecule has 1 N–H and O–H groups in total. The van der Waals surface area contributed by atoms with Crippen LogP contribution in [0.3, 0.4) is 0 Å². The van der Waals surface area contributed by atoms with Gasteiger partial charge in [0.05, 0.1) is 0 Å². The normalized spacial score (nSPS) is 22.0. The average Bonchev–Trinajstić information content (AvgIpc) is 2.77. The van der Waals surface area contributed by atoms with Crippen LogP contribution in [0, 0.1) is 18.8 Å². The SMILES string of the molecule is Cc1ccc(C=CC(=O)O)cc1C(=O)N1CC(C)C(C)C1. The maximum atomic E-state index is 12.6. The summed E-state index contributed by atoms with van der Waals surface area (Å²) in [4.78, 5) is 25.1. The number of amides is 1. The summed E-state index contributed by atoms with van der Waals surface area (Å²) in [6, 6.07) is 5.45. The summed E-state index contributed by atoms with van der Waals surface area (Å²) in [5, 5.41) is 8.68. The number of rotatable bonds is 3. The number of hydrogen-bond acceptors (Lipinski definition) is 2. The van der Waals surface area contributed by atoms with Gasteiger partial charge >= 0.3 is 5.97 Å². The largest absolute Gasteiger partial charge is 0.478 e. The highest BCUT2D eigenvalue weighted by Gasteiger charge is 2.30. The summed E-state index contributed by atoms with van der Waals surface area (Å²) in [7, 11) is 0. The van der Waals surface area contributed by atoms with E-state index in [1.54, 1.807) is 6.07 Å². The standard InChI is InChI=1S/C17H21NO3/c1-11-4-5-14(6-7-16(19)20)8-15(11)17(21)18-9-12(2)13(3)10-18/h4-8,12-13H,9-10H2,1-3H3,(H,19,20). The van der Waals surface area contributed by atoms with Crippen molar-refractivity contribution in [2.24, 2.45) is 11.8 Å². The van der Waals surface area contributed by atoms with Gasteiger partial charge in [-0.3, -0.25) is 4.79 Å². The molecule has 1 amide bonds. The second kappa shape index (κ2) is 6.12. The number of carbonyl (C=O) groups excluding carboxylic acids is 1. The van der Waals surface area contributed by atoms with E-state index in [0.29, 0.717) is 17.4 Å². The molecular formula is C17H21NO3. The van der Waals surface area contributed by atoms with E-state index in [9.17, 15) is 9.59 Å². The lowest BCUT2D eigenvalue weighted by Gasteiger charge is -2.17. The van der Waals surface area contributed by atoms with Crippen LogP contribution in [0.1, 0.15) is 35.3 Å². The van der Waals surface area contributed by atoms with Crippen LogP contribution in [0.5, 0.6) is 0 Å².